The van der Waals surface area contributed by atoms with Crippen LogP contribution in [0.15, 0.2) is 81.7 Å². The van der Waals surface area contributed by atoms with Gasteiger partial charge in [0.25, 0.3) is 5.56 Å². The van der Waals surface area contributed by atoms with Crippen LogP contribution >= 0.6 is 11.3 Å². The second kappa shape index (κ2) is 8.80. The summed E-state index contributed by atoms with van der Waals surface area (Å²) in [6.07, 6.45) is 1.81. The van der Waals surface area contributed by atoms with E-state index in [9.17, 15) is 9.59 Å². The lowest BCUT2D eigenvalue weighted by Crippen LogP contribution is -2.40. The predicted molar refractivity (Wildman–Crippen MR) is 137 cm³/mol. The fourth-order valence-electron chi connectivity index (χ4n) is 4.73. The third-order valence-corrected chi connectivity index (χ3v) is 7.31. The third kappa shape index (κ3) is 3.61. The van der Waals surface area contributed by atoms with Crippen molar-refractivity contribution in [3.05, 3.63) is 103 Å². The normalized spacial score (nSPS) is 16.7. The average Bonchev–Trinajstić information content (AvgIpc) is 3.47. The van der Waals surface area contributed by atoms with Gasteiger partial charge < -0.3 is 14.2 Å². The molecule has 1 aromatic heterocycles. The lowest BCUT2D eigenvalue weighted by Gasteiger charge is -2.25. The summed E-state index contributed by atoms with van der Waals surface area (Å²) in [6, 6.07) is 18.8. The van der Waals surface area contributed by atoms with Crippen LogP contribution in [0.4, 0.5) is 0 Å². The Labute approximate surface area is 210 Å². The van der Waals surface area contributed by atoms with Crippen molar-refractivity contribution in [1.29, 1.82) is 0 Å². The lowest BCUT2D eigenvalue weighted by atomic mass is 9.91. The summed E-state index contributed by atoms with van der Waals surface area (Å²) in [6.45, 7) is 3.97. The molecule has 0 radical (unpaired) electrons. The van der Waals surface area contributed by atoms with E-state index < -0.39 is 12.0 Å². The SMILES string of the molecule is CCOC(=O)C1=C(C)N=c2s/c(=C\c3ccc4c(c3)OCO4)c(=O)n2[C@H]1c1cccc2ccccc12. The van der Waals surface area contributed by atoms with Gasteiger partial charge in [-0.3, -0.25) is 9.36 Å². The summed E-state index contributed by atoms with van der Waals surface area (Å²) >= 11 is 1.29. The number of ether oxygens (including phenoxy) is 3. The van der Waals surface area contributed by atoms with Crippen LogP contribution in [0.5, 0.6) is 11.5 Å². The molecule has 1 atom stereocenters. The lowest BCUT2D eigenvalue weighted by molar-refractivity contribution is -0.139. The number of nitrogens with zero attached hydrogens (tertiary/aromatic N) is 2. The van der Waals surface area contributed by atoms with E-state index in [0.717, 1.165) is 21.9 Å². The molecule has 6 rings (SSSR count). The summed E-state index contributed by atoms with van der Waals surface area (Å²) in [5.74, 6) is 0.853. The first-order valence-electron chi connectivity index (χ1n) is 11.6. The van der Waals surface area contributed by atoms with Crippen LogP contribution in [0, 0.1) is 0 Å². The van der Waals surface area contributed by atoms with Gasteiger partial charge in [0, 0.05) is 0 Å². The van der Waals surface area contributed by atoms with Crippen molar-refractivity contribution in [2.75, 3.05) is 13.4 Å². The molecule has 180 valence electrons. The first kappa shape index (κ1) is 22.3. The molecule has 0 spiro atoms. The van der Waals surface area contributed by atoms with Crippen LogP contribution in [0.3, 0.4) is 0 Å². The number of aromatic nitrogens is 1. The van der Waals surface area contributed by atoms with Crippen LogP contribution in [-0.4, -0.2) is 23.9 Å². The van der Waals surface area contributed by atoms with Crippen LogP contribution in [0.2, 0.25) is 0 Å². The van der Waals surface area contributed by atoms with Gasteiger partial charge in [0.15, 0.2) is 16.3 Å². The molecule has 3 aromatic carbocycles. The number of thiazole rings is 1. The molecular weight excluding hydrogens is 476 g/mol. The first-order chi connectivity index (χ1) is 17.5. The third-order valence-electron chi connectivity index (χ3n) is 6.33. The minimum Gasteiger partial charge on any atom is -0.463 e. The Morgan fingerprint density at radius 3 is 2.81 bits per heavy atom. The Hall–Kier alpha value is -4.17. The number of carbonyl (C=O) groups is 1. The highest BCUT2D eigenvalue weighted by Gasteiger charge is 2.34. The maximum absolute atomic E-state index is 13.9. The average molecular weight is 499 g/mol. The van der Waals surface area contributed by atoms with Gasteiger partial charge >= 0.3 is 5.97 Å². The molecule has 0 amide bonds. The number of rotatable bonds is 4. The molecule has 0 aliphatic carbocycles. The van der Waals surface area contributed by atoms with Crippen molar-refractivity contribution in [3.63, 3.8) is 0 Å². The number of hydrogen-bond donors (Lipinski definition) is 0. The fourth-order valence-corrected chi connectivity index (χ4v) is 5.78. The van der Waals surface area contributed by atoms with Crippen molar-refractivity contribution in [2.45, 2.75) is 19.9 Å². The Morgan fingerprint density at radius 2 is 1.94 bits per heavy atom. The molecule has 0 saturated heterocycles. The molecule has 3 heterocycles. The molecule has 2 aliphatic heterocycles. The van der Waals surface area contributed by atoms with E-state index >= 15 is 0 Å². The summed E-state index contributed by atoms with van der Waals surface area (Å²) in [7, 11) is 0. The quantitative estimate of drug-likeness (QED) is 0.401. The van der Waals surface area contributed by atoms with Gasteiger partial charge in [-0.25, -0.2) is 9.79 Å². The van der Waals surface area contributed by atoms with E-state index in [2.05, 4.69) is 4.99 Å². The molecule has 0 unspecified atom stereocenters. The Bertz CT molecular complexity index is 1740. The van der Waals surface area contributed by atoms with Crippen molar-refractivity contribution in [3.8, 4) is 11.5 Å². The minimum absolute atomic E-state index is 0.182. The molecule has 2 aliphatic rings. The molecule has 0 saturated carbocycles. The highest BCUT2D eigenvalue weighted by molar-refractivity contribution is 7.07. The van der Waals surface area contributed by atoms with Crippen molar-refractivity contribution in [2.24, 2.45) is 4.99 Å². The van der Waals surface area contributed by atoms with E-state index in [1.54, 1.807) is 18.4 Å². The van der Waals surface area contributed by atoms with Crippen LogP contribution in [-0.2, 0) is 9.53 Å². The second-order valence-corrected chi connectivity index (χ2v) is 9.49. The van der Waals surface area contributed by atoms with Gasteiger partial charge in [-0.15, -0.1) is 0 Å². The largest absolute Gasteiger partial charge is 0.463 e. The topological polar surface area (TPSA) is 79.1 Å². The number of hydrogen-bond acceptors (Lipinski definition) is 7. The van der Waals surface area contributed by atoms with Crippen LogP contribution < -0.4 is 24.4 Å². The van der Waals surface area contributed by atoms with Gasteiger partial charge in [0.2, 0.25) is 6.79 Å². The number of esters is 1. The zero-order valence-electron chi connectivity index (χ0n) is 19.7. The Kier molecular flexibility index (Phi) is 5.45. The van der Waals surface area contributed by atoms with Crippen LogP contribution in [0.25, 0.3) is 16.8 Å². The van der Waals surface area contributed by atoms with E-state index in [1.165, 1.54) is 11.3 Å². The standard InChI is InChI=1S/C28H22N2O5S/c1-3-33-27(32)24-16(2)29-28-30(25(24)20-10-6-8-18-7-4-5-9-19(18)20)26(31)23(36-28)14-17-11-12-21-22(13-17)35-15-34-21/h4-14,25H,3,15H2,1-2H3/b23-14-/t25-/m0/s1. The van der Waals surface area contributed by atoms with Gasteiger partial charge in [-0.2, -0.15) is 0 Å². The number of carbonyl (C=O) groups excluding carboxylic acids is 1. The molecule has 36 heavy (non-hydrogen) atoms. The molecular formula is C28H22N2O5S. The van der Waals surface area contributed by atoms with Gasteiger partial charge in [0.1, 0.15) is 0 Å². The van der Waals surface area contributed by atoms with Crippen LogP contribution in [0.1, 0.15) is 31.0 Å². The monoisotopic (exact) mass is 498 g/mol. The molecule has 4 aromatic rings. The van der Waals surface area contributed by atoms with Crippen molar-refractivity contribution >= 4 is 34.2 Å². The predicted octanol–water partition coefficient (Wildman–Crippen LogP) is 3.68. The highest BCUT2D eigenvalue weighted by Crippen LogP contribution is 2.35. The summed E-state index contributed by atoms with van der Waals surface area (Å²) in [5, 5.41) is 1.99. The summed E-state index contributed by atoms with van der Waals surface area (Å²) in [5.41, 5.74) is 2.36. The summed E-state index contributed by atoms with van der Waals surface area (Å²) < 4.78 is 18.4. The van der Waals surface area contributed by atoms with E-state index in [4.69, 9.17) is 14.2 Å². The minimum atomic E-state index is -0.662. The second-order valence-electron chi connectivity index (χ2n) is 8.48. The number of benzene rings is 3. The Morgan fingerprint density at radius 1 is 1.14 bits per heavy atom. The van der Waals surface area contributed by atoms with Gasteiger partial charge in [-0.05, 0) is 54.0 Å². The van der Waals surface area contributed by atoms with E-state index in [0.29, 0.717) is 32.1 Å². The van der Waals surface area contributed by atoms with Gasteiger partial charge in [0.05, 0.1) is 28.5 Å². The smallest absolute Gasteiger partial charge is 0.338 e. The maximum atomic E-state index is 13.9. The van der Waals surface area contributed by atoms with Gasteiger partial charge in [-0.1, -0.05) is 59.9 Å². The Balaban J connectivity index is 1.59. The molecule has 0 N–H and O–H groups in total. The van der Waals surface area contributed by atoms with Crippen molar-refractivity contribution in [1.82, 2.24) is 4.57 Å². The zero-order valence-corrected chi connectivity index (χ0v) is 20.5. The zero-order chi connectivity index (χ0) is 24.8. The van der Waals surface area contributed by atoms with E-state index in [1.807, 2.05) is 66.7 Å². The first-order valence-corrected chi connectivity index (χ1v) is 12.4. The summed E-state index contributed by atoms with van der Waals surface area (Å²) in [4.78, 5) is 32.2. The number of allylic oxidation sites excluding steroid dienone is 1. The van der Waals surface area contributed by atoms with E-state index in [-0.39, 0.29) is 19.0 Å². The molecule has 7 nitrogen and oxygen atoms in total. The maximum Gasteiger partial charge on any atom is 0.338 e. The molecule has 0 fully saturated rings. The molecule has 8 heteroatoms. The number of fused-ring (bicyclic) bond motifs is 3. The highest BCUT2D eigenvalue weighted by atomic mass is 32.1. The fraction of sp³-hybridized carbons (Fsp3) is 0.179. The van der Waals surface area contributed by atoms with Crippen molar-refractivity contribution < 1.29 is 19.0 Å². The molecule has 0 bridgehead atoms.